The third-order valence-corrected chi connectivity index (χ3v) is 19.8. The normalized spacial score (nSPS) is 16.3. The van der Waals surface area contributed by atoms with Crippen LogP contribution in [0.15, 0.2) is 254 Å². The molecule has 0 saturated heterocycles. The number of nitrogens with zero attached hydrogens (tertiary/aromatic N) is 4. The molecular weight excluding hydrogens is 1050 g/mol. The molecule has 10 aromatic carbocycles. The van der Waals surface area contributed by atoms with Gasteiger partial charge in [0.15, 0.2) is 8.07 Å². The number of imidazole rings is 1. The van der Waals surface area contributed by atoms with Crippen LogP contribution in [0.25, 0.3) is 72.3 Å². The number of hydrogen-bond acceptors (Lipinski definition) is 2. The summed E-state index contributed by atoms with van der Waals surface area (Å²) in [6.07, 6.45) is 4.85. The average molecular weight is 1140 g/mol. The summed E-state index contributed by atoms with van der Waals surface area (Å²) >= 11 is 0. The summed E-state index contributed by atoms with van der Waals surface area (Å²) < 4.78 is 224. The molecule has 418 valence electrons. The molecule has 0 atom stereocenters. The molecule has 0 saturated carbocycles. The van der Waals surface area contributed by atoms with Crippen molar-refractivity contribution in [1.29, 1.82) is 0 Å². The summed E-state index contributed by atoms with van der Waals surface area (Å²) in [6, 6.07) is 21.8. The second-order valence-electron chi connectivity index (χ2n) is 24.2. The van der Waals surface area contributed by atoms with Crippen molar-refractivity contribution in [1.82, 2.24) is 14.1 Å². The monoisotopic (exact) mass is 1140 g/mol. The third kappa shape index (κ3) is 9.98. The SMILES string of the molecule is [2H]c1c([2H])c([2H])c(-c2cnc(-n3c4ccccc4c4ccc(Oc5cccc(-n6[c-][n+](-c7c(C(C)(C)C)cccc7[Si](c7c([2H])c([2H])c([2H])c([2H])c7[2H])(c7c([2H])c([2H])c([2H])c([2H])c7[2H])c7c([2H])c([2H])c([2H])c([2H])c7[2H])c7ccc(-c8cc(C(C)(C)C)cc(C(C)(C)C)c8)cc76)c5)cc43)cc2C([2H])([2H])[2H])c([2H])c1[2H]. The predicted molar refractivity (Wildman–Crippen MR) is 358 cm³/mol. The minimum absolute atomic E-state index is 0.0951. The lowest BCUT2D eigenvalue weighted by atomic mass is 9.79. The quantitative estimate of drug-likeness (QED) is 0.0560. The number of pyridine rings is 1. The van der Waals surface area contributed by atoms with E-state index in [2.05, 4.69) is 66.1 Å². The van der Waals surface area contributed by atoms with Crippen molar-refractivity contribution in [3.05, 3.63) is 283 Å². The van der Waals surface area contributed by atoms with Crippen LogP contribution in [0.1, 0.15) is 116 Å². The standard InChI is InChI=1S/C79H72N4OSi/c1-54-45-75(80-52-68(54)55-27-15-11-16-28-55)83-70-39-24-23-37-66(70)67-43-42-62(51-72(67)83)84-61-30-25-29-60(50-61)81-53-82(71-44-41-56(48-73(71)81)57-46-58(77(2,3)4)49-59(47-57)78(5,6)7)76-69(79(8,9)10)38-26-40-74(76)85(63-31-17-12-18-32-63,64-33-19-13-20-34-64)65-35-21-14-22-36-65/h11-52H,1-10H3/i1D3,11D,12D,13D,14D,15D,16D,17D,18D,19D,20D,21D,22D,27D,28D,31D,32D,33D,34D,35D,36D. The van der Waals surface area contributed by atoms with Gasteiger partial charge in [-0.1, -0.05) is 256 Å². The maximum Gasteiger partial charge on any atom is 0.269 e. The van der Waals surface area contributed by atoms with E-state index in [1.165, 1.54) is 18.3 Å². The fourth-order valence-corrected chi connectivity index (χ4v) is 15.3. The molecule has 13 rings (SSSR count). The predicted octanol–water partition coefficient (Wildman–Crippen LogP) is 16.9. The van der Waals surface area contributed by atoms with Gasteiger partial charge < -0.3 is 4.74 Å². The number of para-hydroxylation sites is 2. The number of hydrogen-bond donors (Lipinski definition) is 0. The van der Waals surface area contributed by atoms with Crippen LogP contribution in [0.2, 0.25) is 0 Å². The van der Waals surface area contributed by atoms with E-state index in [9.17, 15) is 16.4 Å². The van der Waals surface area contributed by atoms with E-state index >= 15 is 0 Å². The summed E-state index contributed by atoms with van der Waals surface area (Å²) in [7, 11) is -5.81. The van der Waals surface area contributed by atoms with Crippen molar-refractivity contribution >= 4 is 61.7 Å². The first-order chi connectivity index (χ1) is 50.4. The van der Waals surface area contributed by atoms with E-state index in [-0.39, 0.29) is 50.0 Å². The number of rotatable bonds is 11. The van der Waals surface area contributed by atoms with Gasteiger partial charge in [-0.25, -0.2) is 4.98 Å². The Morgan fingerprint density at radius 2 is 1.11 bits per heavy atom. The molecule has 0 amide bonds. The van der Waals surface area contributed by atoms with E-state index in [0.29, 0.717) is 39.1 Å². The Labute approximate surface area is 534 Å². The van der Waals surface area contributed by atoms with Gasteiger partial charge in [-0.3, -0.25) is 13.7 Å². The van der Waals surface area contributed by atoms with Crippen molar-refractivity contribution in [3.63, 3.8) is 0 Å². The number of aryl methyl sites for hydroxylation is 1. The Kier molecular flexibility index (Phi) is 8.65. The lowest BCUT2D eigenvalue weighted by Gasteiger charge is -2.38. The highest BCUT2D eigenvalue weighted by molar-refractivity contribution is 7.20. The molecule has 0 aliphatic heterocycles. The number of ether oxygens (including phenoxy) is 1. The first-order valence-electron chi connectivity index (χ1n) is 39.4. The van der Waals surface area contributed by atoms with E-state index in [1.807, 2.05) is 75.4 Å². The largest absolute Gasteiger partial charge is 0.458 e. The smallest absolute Gasteiger partial charge is 0.269 e. The Balaban J connectivity index is 1.11. The molecule has 0 radical (unpaired) electrons. The molecule has 5 nitrogen and oxygen atoms in total. The topological polar surface area (TPSA) is 35.9 Å². The van der Waals surface area contributed by atoms with Crippen molar-refractivity contribution < 1.29 is 40.8 Å². The summed E-state index contributed by atoms with van der Waals surface area (Å²) in [5, 5.41) is -0.556. The zero-order valence-electron chi connectivity index (χ0n) is 71.4. The Morgan fingerprint density at radius 3 is 1.73 bits per heavy atom. The molecule has 3 aromatic heterocycles. The second-order valence-corrected chi connectivity index (χ2v) is 27.7. The Morgan fingerprint density at radius 1 is 0.506 bits per heavy atom. The van der Waals surface area contributed by atoms with E-state index in [0.717, 1.165) is 33.0 Å². The number of benzene rings is 10. The second kappa shape index (κ2) is 21.4. The lowest BCUT2D eigenvalue weighted by molar-refractivity contribution is -0.572. The van der Waals surface area contributed by atoms with Crippen LogP contribution in [-0.2, 0) is 16.2 Å². The third-order valence-electron chi connectivity index (χ3n) is 15.6. The van der Waals surface area contributed by atoms with Gasteiger partial charge in [-0.2, -0.15) is 0 Å². The van der Waals surface area contributed by atoms with E-state index < -0.39 is 157 Å². The summed E-state index contributed by atoms with van der Waals surface area (Å²) in [5.74, 6) is 0.730. The molecule has 0 spiro atoms. The fourth-order valence-electron chi connectivity index (χ4n) is 11.3. The van der Waals surface area contributed by atoms with Crippen LogP contribution >= 0.6 is 0 Å². The lowest BCUT2D eigenvalue weighted by Crippen LogP contribution is -2.76. The van der Waals surface area contributed by atoms with Crippen LogP contribution in [-0.4, -0.2) is 22.2 Å². The van der Waals surface area contributed by atoms with Gasteiger partial charge in [-0.15, -0.1) is 0 Å². The summed E-state index contributed by atoms with van der Waals surface area (Å²) in [5.41, 5.74) is 4.35. The van der Waals surface area contributed by atoms with Crippen LogP contribution in [0.5, 0.6) is 11.5 Å². The Hall–Kier alpha value is -9.36. The maximum absolute atomic E-state index is 10.0. The van der Waals surface area contributed by atoms with E-state index in [4.69, 9.17) is 24.8 Å². The number of aromatic nitrogens is 4. The first-order valence-corrected chi connectivity index (χ1v) is 29.9. The Bertz CT molecular complexity index is 5690. The zero-order chi connectivity index (χ0) is 78.7. The molecule has 85 heavy (non-hydrogen) atoms. The van der Waals surface area contributed by atoms with Crippen molar-refractivity contribution in [2.75, 3.05) is 0 Å². The first kappa shape index (κ1) is 34.4. The molecule has 0 aliphatic carbocycles. The summed E-state index contributed by atoms with van der Waals surface area (Å²) in [4.78, 5) is 4.75. The van der Waals surface area contributed by atoms with Gasteiger partial charge in [0, 0.05) is 32.7 Å². The van der Waals surface area contributed by atoms with Crippen LogP contribution in [0.3, 0.4) is 0 Å². The minimum atomic E-state index is -5.81. The molecular formula is C79H72N4OSi. The minimum Gasteiger partial charge on any atom is -0.458 e. The van der Waals surface area contributed by atoms with Crippen LogP contribution < -0.4 is 30.1 Å². The highest BCUT2D eigenvalue weighted by Gasteiger charge is 2.44. The van der Waals surface area contributed by atoms with Gasteiger partial charge in [0.1, 0.15) is 17.3 Å². The van der Waals surface area contributed by atoms with Crippen molar-refractivity contribution in [2.45, 2.75) is 85.4 Å². The van der Waals surface area contributed by atoms with Gasteiger partial charge >= 0.3 is 0 Å². The van der Waals surface area contributed by atoms with Crippen molar-refractivity contribution in [3.8, 4) is 50.9 Å². The molecule has 0 aliphatic rings. The highest BCUT2D eigenvalue weighted by atomic mass is 28.3. The summed E-state index contributed by atoms with van der Waals surface area (Å²) in [6.45, 7) is 15.6. The average Bonchev–Trinajstić information content (AvgIpc) is 0.929. The molecule has 0 unspecified atom stereocenters. The van der Waals surface area contributed by atoms with E-state index in [1.54, 1.807) is 56.2 Å². The van der Waals surface area contributed by atoms with Crippen molar-refractivity contribution in [2.24, 2.45) is 0 Å². The molecule has 0 bridgehead atoms. The van der Waals surface area contributed by atoms with Gasteiger partial charge in [0.25, 0.3) is 6.33 Å². The maximum atomic E-state index is 10.0. The van der Waals surface area contributed by atoms with Gasteiger partial charge in [-0.05, 0) is 131 Å². The zero-order valence-corrected chi connectivity index (χ0v) is 49.4. The molecule has 3 heterocycles. The van der Waals surface area contributed by atoms with Crippen LogP contribution in [0, 0.1) is 13.2 Å². The van der Waals surface area contributed by atoms with Gasteiger partial charge in [0.05, 0.1) is 60.9 Å². The highest BCUT2D eigenvalue weighted by Crippen LogP contribution is 2.39. The molecule has 6 heteroatoms. The molecule has 13 aromatic rings. The van der Waals surface area contributed by atoms with Crippen LogP contribution in [0.4, 0.5) is 0 Å². The molecule has 0 fully saturated rings. The number of fused-ring (bicyclic) bond motifs is 4. The fraction of sp³-hybridized carbons (Fsp3) is 0.165. The molecule has 0 N–H and O–H groups in total. The van der Waals surface area contributed by atoms with Gasteiger partial charge in [0.2, 0.25) is 0 Å².